The maximum atomic E-state index is 12.2. The van der Waals surface area contributed by atoms with Gasteiger partial charge in [0.15, 0.2) is 0 Å². The Morgan fingerprint density at radius 1 is 1.43 bits per heavy atom. The summed E-state index contributed by atoms with van der Waals surface area (Å²) in [6.07, 6.45) is 1.92. The van der Waals surface area contributed by atoms with Crippen molar-refractivity contribution in [3.63, 3.8) is 0 Å². The summed E-state index contributed by atoms with van der Waals surface area (Å²) < 4.78 is 0. The first-order chi connectivity index (χ1) is 10.1. The van der Waals surface area contributed by atoms with Crippen LogP contribution in [0.3, 0.4) is 0 Å². The molecule has 1 unspecified atom stereocenters. The molecule has 1 fully saturated rings. The summed E-state index contributed by atoms with van der Waals surface area (Å²) in [5, 5.41) is 12.0. The number of rotatable bonds is 6. The van der Waals surface area contributed by atoms with Crippen LogP contribution in [-0.4, -0.2) is 42.2 Å². The summed E-state index contributed by atoms with van der Waals surface area (Å²) in [6, 6.07) is 7.98. The molecule has 0 aliphatic carbocycles. The van der Waals surface area contributed by atoms with Gasteiger partial charge < -0.3 is 10.4 Å². The number of hydrogen-bond donors (Lipinski definition) is 2. The molecule has 1 aromatic rings. The van der Waals surface area contributed by atoms with Crippen LogP contribution in [0.2, 0.25) is 0 Å². The Morgan fingerprint density at radius 3 is 2.90 bits per heavy atom. The van der Waals surface area contributed by atoms with E-state index in [2.05, 4.69) is 30.1 Å². The number of carbonyl (C=O) groups excluding carboxylic acids is 1. The maximum Gasteiger partial charge on any atom is 0.238 e. The minimum absolute atomic E-state index is 0.0488. The van der Waals surface area contributed by atoms with Crippen molar-refractivity contribution < 1.29 is 9.90 Å². The molecule has 1 aliphatic heterocycles. The third-order valence-corrected chi connectivity index (χ3v) is 4.13. The third kappa shape index (κ3) is 4.55. The Kier molecular flexibility index (Phi) is 5.76. The monoisotopic (exact) mass is 290 g/mol. The zero-order chi connectivity index (χ0) is 15.2. The van der Waals surface area contributed by atoms with E-state index in [1.807, 2.05) is 18.2 Å². The normalized spacial score (nSPS) is 19.1. The lowest BCUT2D eigenvalue weighted by Gasteiger charge is -2.17. The number of benzene rings is 1. The minimum atomic E-state index is 0.0488. The Bertz CT molecular complexity index is 474. The summed E-state index contributed by atoms with van der Waals surface area (Å²) in [5.74, 6) is 0.973. The van der Waals surface area contributed by atoms with Gasteiger partial charge in [-0.1, -0.05) is 32.0 Å². The fourth-order valence-electron chi connectivity index (χ4n) is 2.98. The van der Waals surface area contributed by atoms with Gasteiger partial charge in [-0.15, -0.1) is 0 Å². The van der Waals surface area contributed by atoms with Crippen LogP contribution in [-0.2, 0) is 4.79 Å². The quantitative estimate of drug-likeness (QED) is 0.846. The molecule has 1 aliphatic rings. The molecule has 4 nitrogen and oxygen atoms in total. The molecule has 4 heteroatoms. The molecule has 1 amide bonds. The van der Waals surface area contributed by atoms with Gasteiger partial charge in [-0.3, -0.25) is 9.69 Å². The topological polar surface area (TPSA) is 52.6 Å². The Morgan fingerprint density at radius 2 is 2.19 bits per heavy atom. The zero-order valence-electron chi connectivity index (χ0n) is 13.0. The largest absolute Gasteiger partial charge is 0.396 e. The number of aliphatic hydroxyl groups excluding tert-OH is 1. The van der Waals surface area contributed by atoms with Gasteiger partial charge in [0.2, 0.25) is 5.91 Å². The van der Waals surface area contributed by atoms with Gasteiger partial charge >= 0.3 is 0 Å². The Labute approximate surface area is 127 Å². The van der Waals surface area contributed by atoms with E-state index in [9.17, 15) is 4.79 Å². The lowest BCUT2D eigenvalue weighted by atomic mass is 10.0. The average Bonchev–Trinajstić information content (AvgIpc) is 2.86. The SMILES string of the molecule is CC(C)c1ccccc1NC(=O)CN1CCC(CCO)C1. The molecule has 2 N–H and O–H groups in total. The van der Waals surface area contributed by atoms with Crippen molar-refractivity contribution in [3.05, 3.63) is 29.8 Å². The minimum Gasteiger partial charge on any atom is -0.396 e. The second kappa shape index (κ2) is 7.57. The Balaban J connectivity index is 1.88. The van der Waals surface area contributed by atoms with Crippen molar-refractivity contribution in [2.45, 2.75) is 32.6 Å². The number of hydrogen-bond acceptors (Lipinski definition) is 3. The molecule has 1 aromatic carbocycles. The van der Waals surface area contributed by atoms with Gasteiger partial charge in [-0.05, 0) is 42.9 Å². The number of aliphatic hydroxyl groups is 1. The molecule has 116 valence electrons. The van der Waals surface area contributed by atoms with Crippen LogP contribution in [0.1, 0.15) is 38.2 Å². The van der Waals surface area contributed by atoms with Crippen LogP contribution in [0, 0.1) is 5.92 Å². The molecule has 2 rings (SSSR count). The van der Waals surface area contributed by atoms with E-state index >= 15 is 0 Å². The summed E-state index contributed by atoms with van der Waals surface area (Å²) in [7, 11) is 0. The van der Waals surface area contributed by atoms with E-state index in [1.165, 1.54) is 5.56 Å². The number of anilines is 1. The van der Waals surface area contributed by atoms with Crippen molar-refractivity contribution >= 4 is 11.6 Å². The van der Waals surface area contributed by atoms with Gasteiger partial charge in [0.05, 0.1) is 6.54 Å². The number of para-hydroxylation sites is 1. The van der Waals surface area contributed by atoms with Crippen LogP contribution in [0.4, 0.5) is 5.69 Å². The van der Waals surface area contributed by atoms with E-state index in [4.69, 9.17) is 5.11 Å². The number of carbonyl (C=O) groups is 1. The molecule has 0 bridgehead atoms. The van der Waals surface area contributed by atoms with Crippen LogP contribution in [0.25, 0.3) is 0 Å². The van der Waals surface area contributed by atoms with Crippen LogP contribution < -0.4 is 5.32 Å². The molecule has 1 heterocycles. The highest BCUT2D eigenvalue weighted by molar-refractivity contribution is 5.93. The van der Waals surface area contributed by atoms with Crippen molar-refractivity contribution in [1.82, 2.24) is 4.90 Å². The highest BCUT2D eigenvalue weighted by Crippen LogP contribution is 2.24. The van der Waals surface area contributed by atoms with Gasteiger partial charge in [0, 0.05) is 18.8 Å². The van der Waals surface area contributed by atoms with E-state index in [1.54, 1.807) is 0 Å². The summed E-state index contributed by atoms with van der Waals surface area (Å²) in [5.41, 5.74) is 2.09. The van der Waals surface area contributed by atoms with E-state index < -0.39 is 0 Å². The number of likely N-dealkylation sites (tertiary alicyclic amines) is 1. The van der Waals surface area contributed by atoms with E-state index in [-0.39, 0.29) is 12.5 Å². The Hall–Kier alpha value is -1.39. The molecule has 0 saturated carbocycles. The zero-order valence-corrected chi connectivity index (χ0v) is 13.0. The molecule has 0 aromatic heterocycles. The van der Waals surface area contributed by atoms with Gasteiger partial charge in [-0.2, -0.15) is 0 Å². The maximum absolute atomic E-state index is 12.2. The van der Waals surface area contributed by atoms with Gasteiger partial charge in [0.1, 0.15) is 0 Å². The summed E-state index contributed by atoms with van der Waals surface area (Å²) >= 11 is 0. The smallest absolute Gasteiger partial charge is 0.238 e. The molecular weight excluding hydrogens is 264 g/mol. The van der Waals surface area contributed by atoms with Crippen molar-refractivity contribution in [2.24, 2.45) is 5.92 Å². The van der Waals surface area contributed by atoms with Crippen molar-refractivity contribution in [3.8, 4) is 0 Å². The molecule has 1 saturated heterocycles. The molecule has 0 radical (unpaired) electrons. The molecule has 0 spiro atoms. The first-order valence-electron chi connectivity index (χ1n) is 7.82. The standard InChI is InChI=1S/C17H26N2O2/c1-13(2)15-5-3-4-6-16(15)18-17(21)12-19-9-7-14(11-19)8-10-20/h3-6,13-14,20H,7-12H2,1-2H3,(H,18,21). The van der Waals surface area contributed by atoms with E-state index in [0.717, 1.165) is 31.6 Å². The number of nitrogens with one attached hydrogen (secondary N) is 1. The summed E-state index contributed by atoms with van der Waals surface area (Å²) in [4.78, 5) is 14.4. The summed E-state index contributed by atoms with van der Waals surface area (Å²) in [6.45, 7) is 6.81. The number of nitrogens with zero attached hydrogens (tertiary/aromatic N) is 1. The highest BCUT2D eigenvalue weighted by atomic mass is 16.3. The second-order valence-corrected chi connectivity index (χ2v) is 6.19. The lowest BCUT2D eigenvalue weighted by Crippen LogP contribution is -2.32. The van der Waals surface area contributed by atoms with Gasteiger partial charge in [-0.25, -0.2) is 0 Å². The van der Waals surface area contributed by atoms with Crippen molar-refractivity contribution in [2.75, 3.05) is 31.6 Å². The van der Waals surface area contributed by atoms with Crippen LogP contribution in [0.15, 0.2) is 24.3 Å². The molecular formula is C17H26N2O2. The molecule has 21 heavy (non-hydrogen) atoms. The van der Waals surface area contributed by atoms with Gasteiger partial charge in [0.25, 0.3) is 0 Å². The second-order valence-electron chi connectivity index (χ2n) is 6.19. The highest BCUT2D eigenvalue weighted by Gasteiger charge is 2.23. The molecule has 1 atom stereocenters. The fourth-order valence-corrected chi connectivity index (χ4v) is 2.98. The van der Waals surface area contributed by atoms with Crippen molar-refractivity contribution in [1.29, 1.82) is 0 Å². The van der Waals surface area contributed by atoms with Crippen LogP contribution >= 0.6 is 0 Å². The predicted molar refractivity (Wildman–Crippen MR) is 85.4 cm³/mol. The first-order valence-corrected chi connectivity index (χ1v) is 7.82. The fraction of sp³-hybridized carbons (Fsp3) is 0.588. The van der Waals surface area contributed by atoms with E-state index in [0.29, 0.717) is 18.4 Å². The number of amides is 1. The third-order valence-electron chi connectivity index (χ3n) is 4.13. The predicted octanol–water partition coefficient (Wildman–Crippen LogP) is 2.45. The first kappa shape index (κ1) is 16.0. The van der Waals surface area contributed by atoms with Crippen LogP contribution in [0.5, 0.6) is 0 Å². The lowest BCUT2D eigenvalue weighted by molar-refractivity contribution is -0.117. The average molecular weight is 290 g/mol.